The van der Waals surface area contributed by atoms with Crippen LogP contribution in [0.1, 0.15) is 49.0 Å². The van der Waals surface area contributed by atoms with Crippen LogP contribution in [-0.4, -0.2) is 48.4 Å². The fraction of sp³-hybridized carbons (Fsp3) is 0.476. The fourth-order valence-corrected chi connectivity index (χ4v) is 4.37. The summed E-state index contributed by atoms with van der Waals surface area (Å²) in [5.74, 6) is 1.83. The zero-order chi connectivity index (χ0) is 20.7. The van der Waals surface area contributed by atoms with E-state index in [-0.39, 0.29) is 11.6 Å². The van der Waals surface area contributed by atoms with Gasteiger partial charge in [-0.3, -0.25) is 9.36 Å². The molecular weight excluding hydrogens is 384 g/mol. The van der Waals surface area contributed by atoms with Crippen LogP contribution in [0.4, 0.5) is 0 Å². The van der Waals surface area contributed by atoms with Crippen LogP contribution in [0.25, 0.3) is 11.4 Å². The highest BCUT2D eigenvalue weighted by Crippen LogP contribution is 2.25. The van der Waals surface area contributed by atoms with Gasteiger partial charge in [-0.1, -0.05) is 29.4 Å². The van der Waals surface area contributed by atoms with Crippen LogP contribution in [0, 0.1) is 6.92 Å². The predicted molar refractivity (Wildman–Crippen MR) is 108 cm³/mol. The molecule has 4 heterocycles. The van der Waals surface area contributed by atoms with Crippen molar-refractivity contribution in [3.63, 3.8) is 0 Å². The molecule has 0 radical (unpaired) electrons. The normalized spacial score (nSPS) is 18.6. The zero-order valence-corrected chi connectivity index (χ0v) is 17.0. The lowest BCUT2D eigenvalue weighted by Crippen LogP contribution is -2.41. The first-order valence-electron chi connectivity index (χ1n) is 10.5. The quantitative estimate of drug-likeness (QED) is 0.654. The third kappa shape index (κ3) is 3.34. The Kier molecular flexibility index (Phi) is 4.72. The number of hydrogen-bond donors (Lipinski definition) is 0. The number of amides is 1. The van der Waals surface area contributed by atoms with E-state index in [1.165, 1.54) is 4.68 Å². The van der Waals surface area contributed by atoms with Crippen LogP contribution in [-0.2, 0) is 17.8 Å². The molecule has 1 aromatic carbocycles. The van der Waals surface area contributed by atoms with Gasteiger partial charge in [0.25, 0.3) is 0 Å². The zero-order valence-electron chi connectivity index (χ0n) is 17.0. The Morgan fingerprint density at radius 1 is 1.17 bits per heavy atom. The summed E-state index contributed by atoms with van der Waals surface area (Å²) in [6, 6.07) is 7.25. The predicted octanol–water partition coefficient (Wildman–Crippen LogP) is 1.95. The second-order valence-corrected chi connectivity index (χ2v) is 8.00. The average molecular weight is 408 g/mol. The number of fused-ring (bicyclic) bond motifs is 1. The number of rotatable bonds is 4. The molecule has 2 aliphatic heterocycles. The van der Waals surface area contributed by atoms with Gasteiger partial charge in [0.1, 0.15) is 11.9 Å². The van der Waals surface area contributed by atoms with E-state index in [1.54, 1.807) is 11.5 Å². The van der Waals surface area contributed by atoms with E-state index >= 15 is 0 Å². The van der Waals surface area contributed by atoms with E-state index in [1.807, 2.05) is 29.2 Å². The van der Waals surface area contributed by atoms with Crippen molar-refractivity contribution in [2.45, 2.75) is 51.6 Å². The lowest BCUT2D eigenvalue weighted by Gasteiger charge is -2.27. The number of carbonyl (C=O) groups excluding carboxylic acids is 1. The first-order valence-corrected chi connectivity index (χ1v) is 10.5. The van der Waals surface area contributed by atoms with E-state index in [0.717, 1.165) is 49.9 Å². The second-order valence-electron chi connectivity index (χ2n) is 8.00. The highest BCUT2D eigenvalue weighted by molar-refractivity contribution is 5.80. The standard InChI is InChI=1S/C21H24N6O3/c1-14-22-19(24-30-14)16-9-7-15(8-10-16)13-26-21(29)27-17(5-4-6-18(27)23-26)20(28)25-11-2-3-12-25/h7-10,17H,2-6,11-13H2,1H3. The minimum Gasteiger partial charge on any atom is -0.341 e. The number of carbonyl (C=O) groups is 1. The largest absolute Gasteiger partial charge is 0.346 e. The van der Waals surface area contributed by atoms with Crippen molar-refractivity contribution in [3.8, 4) is 11.4 Å². The molecule has 0 bridgehead atoms. The van der Waals surface area contributed by atoms with Crippen molar-refractivity contribution in [3.05, 3.63) is 52.0 Å². The summed E-state index contributed by atoms with van der Waals surface area (Å²) < 4.78 is 8.12. The Bertz CT molecular complexity index is 1120. The van der Waals surface area contributed by atoms with Gasteiger partial charge in [0.05, 0.1) is 6.54 Å². The smallest absolute Gasteiger partial charge is 0.341 e. The molecule has 156 valence electrons. The molecule has 1 amide bonds. The number of aryl methyl sites for hydroxylation is 2. The second kappa shape index (κ2) is 7.55. The molecule has 9 nitrogen and oxygen atoms in total. The lowest BCUT2D eigenvalue weighted by molar-refractivity contribution is -0.134. The van der Waals surface area contributed by atoms with Crippen molar-refractivity contribution >= 4 is 5.91 Å². The lowest BCUT2D eigenvalue weighted by atomic mass is 10.0. The molecule has 0 aliphatic carbocycles. The van der Waals surface area contributed by atoms with Gasteiger partial charge in [0.2, 0.25) is 17.6 Å². The molecule has 3 aromatic rings. The number of likely N-dealkylation sites (tertiary alicyclic amines) is 1. The van der Waals surface area contributed by atoms with Crippen molar-refractivity contribution in [1.29, 1.82) is 0 Å². The minimum absolute atomic E-state index is 0.0647. The molecule has 0 N–H and O–H groups in total. The van der Waals surface area contributed by atoms with Gasteiger partial charge < -0.3 is 9.42 Å². The van der Waals surface area contributed by atoms with E-state index in [0.29, 0.717) is 30.5 Å². The van der Waals surface area contributed by atoms with Crippen LogP contribution < -0.4 is 5.69 Å². The summed E-state index contributed by atoms with van der Waals surface area (Å²) in [6.45, 7) is 3.69. The van der Waals surface area contributed by atoms with Gasteiger partial charge in [-0.05, 0) is 31.2 Å². The Morgan fingerprint density at radius 3 is 2.63 bits per heavy atom. The Morgan fingerprint density at radius 2 is 1.93 bits per heavy atom. The van der Waals surface area contributed by atoms with Gasteiger partial charge in [-0.15, -0.1) is 0 Å². The van der Waals surface area contributed by atoms with Gasteiger partial charge in [0, 0.05) is 32.0 Å². The summed E-state index contributed by atoms with van der Waals surface area (Å²) in [6.07, 6.45) is 4.38. The Labute approximate surface area is 173 Å². The summed E-state index contributed by atoms with van der Waals surface area (Å²) in [5, 5.41) is 8.47. The molecule has 5 rings (SSSR count). The first-order chi connectivity index (χ1) is 14.6. The van der Waals surface area contributed by atoms with Crippen LogP contribution in [0.2, 0.25) is 0 Å². The third-order valence-electron chi connectivity index (χ3n) is 5.91. The molecule has 30 heavy (non-hydrogen) atoms. The van der Waals surface area contributed by atoms with Crippen molar-refractivity contribution in [2.24, 2.45) is 0 Å². The molecule has 1 fully saturated rings. The van der Waals surface area contributed by atoms with Gasteiger partial charge in [-0.2, -0.15) is 10.1 Å². The Balaban J connectivity index is 1.38. The Hall–Kier alpha value is -3.23. The van der Waals surface area contributed by atoms with Crippen LogP contribution in [0.5, 0.6) is 0 Å². The fourth-order valence-electron chi connectivity index (χ4n) is 4.37. The molecule has 0 saturated carbocycles. The molecule has 1 saturated heterocycles. The van der Waals surface area contributed by atoms with Gasteiger partial charge in [0.15, 0.2) is 0 Å². The molecular formula is C21H24N6O3. The molecule has 1 atom stereocenters. The van der Waals surface area contributed by atoms with Crippen LogP contribution >= 0.6 is 0 Å². The monoisotopic (exact) mass is 408 g/mol. The SMILES string of the molecule is Cc1nc(-c2ccc(Cn3nc4n(c3=O)C(C(=O)N3CCCC3)CCC4)cc2)no1. The molecule has 1 unspecified atom stereocenters. The average Bonchev–Trinajstić information content (AvgIpc) is 3.50. The third-order valence-corrected chi connectivity index (χ3v) is 5.91. The minimum atomic E-state index is -0.419. The van der Waals surface area contributed by atoms with Crippen molar-refractivity contribution in [2.75, 3.05) is 13.1 Å². The van der Waals surface area contributed by atoms with E-state index in [9.17, 15) is 9.59 Å². The number of hydrogen-bond acceptors (Lipinski definition) is 6. The molecule has 2 aliphatic rings. The van der Waals surface area contributed by atoms with E-state index < -0.39 is 6.04 Å². The number of benzene rings is 1. The molecule has 2 aromatic heterocycles. The summed E-state index contributed by atoms with van der Waals surface area (Å²) in [5.41, 5.74) is 1.59. The molecule has 0 spiro atoms. The topological polar surface area (TPSA) is 99.0 Å². The maximum atomic E-state index is 13.1. The van der Waals surface area contributed by atoms with Crippen LogP contribution in [0.15, 0.2) is 33.6 Å². The highest BCUT2D eigenvalue weighted by Gasteiger charge is 2.34. The number of nitrogens with zero attached hydrogens (tertiary/aromatic N) is 6. The van der Waals surface area contributed by atoms with Gasteiger partial charge in [-0.25, -0.2) is 9.48 Å². The summed E-state index contributed by atoms with van der Waals surface area (Å²) in [7, 11) is 0. The van der Waals surface area contributed by atoms with Crippen LogP contribution in [0.3, 0.4) is 0 Å². The van der Waals surface area contributed by atoms with E-state index in [2.05, 4.69) is 15.2 Å². The summed E-state index contributed by atoms with van der Waals surface area (Å²) in [4.78, 5) is 32.2. The summed E-state index contributed by atoms with van der Waals surface area (Å²) >= 11 is 0. The van der Waals surface area contributed by atoms with Crippen molar-refractivity contribution in [1.82, 2.24) is 29.4 Å². The maximum Gasteiger partial charge on any atom is 0.346 e. The highest BCUT2D eigenvalue weighted by atomic mass is 16.5. The maximum absolute atomic E-state index is 13.1. The van der Waals surface area contributed by atoms with Gasteiger partial charge >= 0.3 is 5.69 Å². The number of aromatic nitrogens is 5. The molecule has 9 heteroatoms. The van der Waals surface area contributed by atoms with Crippen molar-refractivity contribution < 1.29 is 9.32 Å². The first kappa shape index (κ1) is 18.8. The van der Waals surface area contributed by atoms with E-state index in [4.69, 9.17) is 4.52 Å².